The predicted molar refractivity (Wildman–Crippen MR) is 60.0 cm³/mol. The van der Waals surface area contributed by atoms with Crippen molar-refractivity contribution in [3.63, 3.8) is 0 Å². The topological polar surface area (TPSA) is 49.8 Å². The maximum atomic E-state index is 10.6. The molecule has 0 fully saturated rings. The van der Waals surface area contributed by atoms with Crippen molar-refractivity contribution in [2.24, 2.45) is 5.92 Å². The molecule has 1 atom stereocenters. The molecule has 0 aliphatic carbocycles. The average Bonchev–Trinajstić information content (AvgIpc) is 2.01. The molecule has 0 saturated carbocycles. The lowest BCUT2D eigenvalue weighted by molar-refractivity contribution is -0.141. The van der Waals surface area contributed by atoms with Gasteiger partial charge in [-0.1, -0.05) is 6.92 Å². The quantitative estimate of drug-likeness (QED) is 0.731. The molecule has 1 N–H and O–H groups in total. The molecule has 15 heavy (non-hydrogen) atoms. The van der Waals surface area contributed by atoms with Crippen LogP contribution < -0.4 is 0 Å². The first-order chi connectivity index (χ1) is 6.72. The van der Waals surface area contributed by atoms with Crippen LogP contribution >= 0.6 is 0 Å². The molecule has 0 spiro atoms. The molecule has 0 heterocycles. The number of hydrogen-bond acceptors (Lipinski definition) is 3. The zero-order valence-electron chi connectivity index (χ0n) is 10.4. The fourth-order valence-corrected chi connectivity index (χ4v) is 1.14. The number of carboxylic acids is 1. The summed E-state index contributed by atoms with van der Waals surface area (Å²) in [7, 11) is 1.91. The van der Waals surface area contributed by atoms with Gasteiger partial charge in [0.05, 0.1) is 18.1 Å². The molecular formula is C11H23NO3. The summed E-state index contributed by atoms with van der Waals surface area (Å²) >= 11 is 0. The molecule has 4 nitrogen and oxygen atoms in total. The van der Waals surface area contributed by atoms with Crippen LogP contribution in [0, 0.1) is 5.92 Å². The van der Waals surface area contributed by atoms with E-state index in [2.05, 4.69) is 0 Å². The summed E-state index contributed by atoms with van der Waals surface area (Å²) in [5, 5.41) is 8.73. The van der Waals surface area contributed by atoms with E-state index in [1.807, 2.05) is 32.7 Å². The van der Waals surface area contributed by atoms with Crippen LogP contribution in [-0.2, 0) is 9.53 Å². The molecule has 0 aromatic rings. The number of ether oxygens (including phenoxy) is 1. The third kappa shape index (κ3) is 8.39. The highest BCUT2D eigenvalue weighted by Gasteiger charge is 2.14. The minimum Gasteiger partial charge on any atom is -0.481 e. The molecule has 90 valence electrons. The van der Waals surface area contributed by atoms with Gasteiger partial charge in [-0.3, -0.25) is 4.79 Å². The first-order valence-electron chi connectivity index (χ1n) is 5.27. The van der Waals surface area contributed by atoms with Gasteiger partial charge in [0.1, 0.15) is 0 Å². The van der Waals surface area contributed by atoms with Crippen LogP contribution in [0.3, 0.4) is 0 Å². The van der Waals surface area contributed by atoms with Crippen molar-refractivity contribution in [2.45, 2.75) is 33.3 Å². The van der Waals surface area contributed by atoms with Crippen molar-refractivity contribution in [2.75, 3.05) is 26.7 Å². The van der Waals surface area contributed by atoms with Crippen LogP contribution in [0.2, 0.25) is 0 Å². The molecule has 0 amide bonds. The fraction of sp³-hybridized carbons (Fsp3) is 0.909. The second kappa shape index (κ2) is 6.08. The second-order valence-electron chi connectivity index (χ2n) is 4.96. The number of carboxylic acid groups (broad SMARTS) is 1. The van der Waals surface area contributed by atoms with Gasteiger partial charge in [0, 0.05) is 13.1 Å². The first-order valence-corrected chi connectivity index (χ1v) is 5.27. The van der Waals surface area contributed by atoms with Crippen molar-refractivity contribution in [3.05, 3.63) is 0 Å². The summed E-state index contributed by atoms with van der Waals surface area (Å²) in [5.41, 5.74) is -0.126. The Morgan fingerprint density at radius 3 is 2.40 bits per heavy atom. The van der Waals surface area contributed by atoms with Gasteiger partial charge in [-0.05, 0) is 27.8 Å². The van der Waals surface area contributed by atoms with Gasteiger partial charge >= 0.3 is 5.97 Å². The summed E-state index contributed by atoms with van der Waals surface area (Å²) in [6.45, 7) is 9.68. The van der Waals surface area contributed by atoms with Crippen molar-refractivity contribution < 1.29 is 14.6 Å². The van der Waals surface area contributed by atoms with Gasteiger partial charge in [-0.25, -0.2) is 0 Å². The third-order valence-electron chi connectivity index (χ3n) is 2.02. The molecule has 0 saturated heterocycles. The molecule has 0 radical (unpaired) electrons. The first kappa shape index (κ1) is 14.4. The molecule has 0 rings (SSSR count). The molecule has 0 aromatic heterocycles. The van der Waals surface area contributed by atoms with Gasteiger partial charge in [-0.15, -0.1) is 0 Å². The number of hydrogen-bond donors (Lipinski definition) is 1. The van der Waals surface area contributed by atoms with E-state index < -0.39 is 5.97 Å². The minimum atomic E-state index is -0.751. The Morgan fingerprint density at radius 2 is 2.00 bits per heavy atom. The van der Waals surface area contributed by atoms with Crippen molar-refractivity contribution in [1.82, 2.24) is 4.90 Å². The van der Waals surface area contributed by atoms with Crippen molar-refractivity contribution >= 4 is 5.97 Å². The molecule has 0 bridgehead atoms. The Kier molecular flexibility index (Phi) is 5.83. The van der Waals surface area contributed by atoms with Crippen LogP contribution in [0.25, 0.3) is 0 Å². The molecule has 1 unspecified atom stereocenters. The number of carbonyl (C=O) groups is 1. The summed E-state index contributed by atoms with van der Waals surface area (Å²) in [6.07, 6.45) is 0. The highest BCUT2D eigenvalue weighted by Crippen LogP contribution is 2.06. The average molecular weight is 217 g/mol. The highest BCUT2D eigenvalue weighted by molar-refractivity contribution is 5.69. The van der Waals surface area contributed by atoms with E-state index in [0.717, 1.165) is 6.54 Å². The SMILES string of the molecule is CC(CN(C)CCOC(C)(C)C)C(=O)O. The Balaban J connectivity index is 3.67. The van der Waals surface area contributed by atoms with Gasteiger partial charge in [0.2, 0.25) is 0 Å². The van der Waals surface area contributed by atoms with E-state index >= 15 is 0 Å². The van der Waals surface area contributed by atoms with E-state index in [9.17, 15) is 4.79 Å². The lowest BCUT2D eigenvalue weighted by Crippen LogP contribution is -2.33. The van der Waals surface area contributed by atoms with E-state index in [1.54, 1.807) is 6.92 Å². The minimum absolute atomic E-state index is 0.126. The van der Waals surface area contributed by atoms with E-state index in [1.165, 1.54) is 0 Å². The summed E-state index contributed by atoms with van der Waals surface area (Å²) in [5.74, 6) is -1.08. The number of aliphatic carboxylic acids is 1. The van der Waals surface area contributed by atoms with Gasteiger partial charge in [0.25, 0.3) is 0 Å². The Morgan fingerprint density at radius 1 is 1.47 bits per heavy atom. The normalized spacial score (nSPS) is 14.3. The smallest absolute Gasteiger partial charge is 0.307 e. The molecule has 4 heteroatoms. The molecule has 0 aliphatic heterocycles. The highest BCUT2D eigenvalue weighted by atomic mass is 16.5. The standard InChI is InChI=1S/C11H23NO3/c1-9(10(13)14)8-12(5)6-7-15-11(2,3)4/h9H,6-8H2,1-5H3,(H,13,14). The molecule has 0 aliphatic rings. The van der Waals surface area contributed by atoms with Gasteiger partial charge < -0.3 is 14.7 Å². The van der Waals surface area contributed by atoms with Crippen LogP contribution in [0.1, 0.15) is 27.7 Å². The van der Waals surface area contributed by atoms with Crippen molar-refractivity contribution in [1.29, 1.82) is 0 Å². The van der Waals surface area contributed by atoms with Gasteiger partial charge in [-0.2, -0.15) is 0 Å². The van der Waals surface area contributed by atoms with Gasteiger partial charge in [0.15, 0.2) is 0 Å². The summed E-state index contributed by atoms with van der Waals surface area (Å²) in [6, 6.07) is 0. The summed E-state index contributed by atoms with van der Waals surface area (Å²) in [4.78, 5) is 12.6. The van der Waals surface area contributed by atoms with Crippen LogP contribution in [0.15, 0.2) is 0 Å². The number of nitrogens with zero attached hydrogens (tertiary/aromatic N) is 1. The zero-order valence-corrected chi connectivity index (χ0v) is 10.4. The van der Waals surface area contributed by atoms with E-state index in [-0.39, 0.29) is 11.5 Å². The monoisotopic (exact) mass is 217 g/mol. The maximum absolute atomic E-state index is 10.6. The lowest BCUT2D eigenvalue weighted by Gasteiger charge is -2.23. The predicted octanol–water partition coefficient (Wildman–Crippen LogP) is 1.45. The van der Waals surface area contributed by atoms with Crippen LogP contribution in [0.5, 0.6) is 0 Å². The molecule has 0 aromatic carbocycles. The zero-order chi connectivity index (χ0) is 12.1. The largest absolute Gasteiger partial charge is 0.481 e. The van der Waals surface area contributed by atoms with Crippen LogP contribution in [0.4, 0.5) is 0 Å². The summed E-state index contributed by atoms with van der Waals surface area (Å²) < 4.78 is 5.55. The van der Waals surface area contributed by atoms with E-state index in [0.29, 0.717) is 13.2 Å². The second-order valence-corrected chi connectivity index (χ2v) is 4.96. The third-order valence-corrected chi connectivity index (χ3v) is 2.02. The Bertz CT molecular complexity index is 198. The number of likely N-dealkylation sites (N-methyl/N-ethyl adjacent to an activating group) is 1. The van der Waals surface area contributed by atoms with Crippen LogP contribution in [-0.4, -0.2) is 48.3 Å². The van der Waals surface area contributed by atoms with Crippen molar-refractivity contribution in [3.8, 4) is 0 Å². The Labute approximate surface area is 92.2 Å². The number of rotatable bonds is 6. The lowest BCUT2D eigenvalue weighted by atomic mass is 10.2. The van der Waals surface area contributed by atoms with E-state index in [4.69, 9.17) is 9.84 Å². The maximum Gasteiger partial charge on any atom is 0.307 e. The fourth-order valence-electron chi connectivity index (χ4n) is 1.14. The Hall–Kier alpha value is -0.610. The molecular weight excluding hydrogens is 194 g/mol.